The normalized spacial score (nSPS) is 23.4. The molecule has 1 heterocycles. The zero-order valence-electron chi connectivity index (χ0n) is 13.7. The molecule has 0 saturated carbocycles. The topological polar surface area (TPSA) is 52.6 Å². The third-order valence-electron chi connectivity index (χ3n) is 5.49. The fraction of sp³-hybridized carbons (Fsp3) is 0.238. The minimum atomic E-state index is -0.286. The van der Waals surface area contributed by atoms with Gasteiger partial charge in [-0.15, -0.1) is 0 Å². The molecule has 0 N–H and O–H groups in total. The van der Waals surface area contributed by atoms with Crippen molar-refractivity contribution in [3.8, 4) is 5.75 Å². The number of rotatable bonds is 1. The van der Waals surface area contributed by atoms with Crippen molar-refractivity contribution in [1.29, 1.82) is 0 Å². The maximum Gasteiger partial charge on any atom is 0.228 e. The van der Waals surface area contributed by atoms with Gasteiger partial charge < -0.3 is 9.47 Å². The average molecular weight is 332 g/mol. The summed E-state index contributed by atoms with van der Waals surface area (Å²) in [5.74, 6) is 0.771. The highest BCUT2D eigenvalue weighted by molar-refractivity contribution is 6.26. The van der Waals surface area contributed by atoms with Crippen LogP contribution in [0.25, 0.3) is 0 Å². The molecule has 2 aliphatic carbocycles. The van der Waals surface area contributed by atoms with Gasteiger partial charge >= 0.3 is 0 Å². The minimum absolute atomic E-state index is 0.0657. The first-order chi connectivity index (χ1) is 12.2. The van der Waals surface area contributed by atoms with Gasteiger partial charge in [0, 0.05) is 22.6 Å². The maximum absolute atomic E-state index is 13.0. The molecule has 2 aromatic carbocycles. The average Bonchev–Trinajstić information content (AvgIpc) is 3.06. The summed E-state index contributed by atoms with van der Waals surface area (Å²) in [5, 5.41) is 0. The molecule has 5 rings (SSSR count). The van der Waals surface area contributed by atoms with Crippen molar-refractivity contribution in [2.75, 3.05) is 7.11 Å². The summed E-state index contributed by atoms with van der Waals surface area (Å²) in [6, 6.07) is 12.9. The van der Waals surface area contributed by atoms with Crippen LogP contribution in [-0.2, 0) is 11.2 Å². The summed E-state index contributed by atoms with van der Waals surface area (Å²) in [5.41, 5.74) is 3.63. The van der Waals surface area contributed by atoms with E-state index in [0.29, 0.717) is 16.7 Å². The molecule has 0 radical (unpaired) electrons. The molecule has 0 fully saturated rings. The van der Waals surface area contributed by atoms with E-state index in [1.165, 1.54) is 0 Å². The second-order valence-corrected chi connectivity index (χ2v) is 6.66. The zero-order chi connectivity index (χ0) is 17.1. The fourth-order valence-corrected chi connectivity index (χ4v) is 4.37. The predicted octanol–water partition coefficient (Wildman–Crippen LogP) is 3.66. The highest BCUT2D eigenvalue weighted by Crippen LogP contribution is 2.52. The van der Waals surface area contributed by atoms with Gasteiger partial charge in [-0.25, -0.2) is 0 Å². The van der Waals surface area contributed by atoms with Gasteiger partial charge in [-0.3, -0.25) is 9.59 Å². The SMILES string of the molecule is COc1cccc2c1CC[C@H]1C3=C(O[C@@H]21)C(=O)c1ccccc1C3=O. The Morgan fingerprint density at radius 1 is 1.00 bits per heavy atom. The molecule has 1 aliphatic heterocycles. The van der Waals surface area contributed by atoms with Crippen molar-refractivity contribution < 1.29 is 19.1 Å². The van der Waals surface area contributed by atoms with Gasteiger partial charge in [0.05, 0.1) is 12.7 Å². The first kappa shape index (κ1) is 14.5. The largest absolute Gasteiger partial charge is 0.496 e. The molecular weight excluding hydrogens is 316 g/mol. The Hall–Kier alpha value is -2.88. The number of ketones is 2. The first-order valence-electron chi connectivity index (χ1n) is 8.45. The second-order valence-electron chi connectivity index (χ2n) is 6.66. The zero-order valence-corrected chi connectivity index (χ0v) is 13.7. The predicted molar refractivity (Wildman–Crippen MR) is 90.8 cm³/mol. The molecule has 0 unspecified atom stereocenters. The molecule has 124 valence electrons. The van der Waals surface area contributed by atoms with E-state index in [1.54, 1.807) is 31.4 Å². The Bertz CT molecular complexity index is 970. The molecular formula is C21H16O4. The molecule has 0 amide bonds. The maximum atomic E-state index is 13.0. The summed E-state index contributed by atoms with van der Waals surface area (Å²) < 4.78 is 11.6. The number of ether oxygens (including phenoxy) is 2. The van der Waals surface area contributed by atoms with Crippen LogP contribution < -0.4 is 4.74 Å². The first-order valence-corrected chi connectivity index (χ1v) is 8.45. The van der Waals surface area contributed by atoms with Crippen LogP contribution in [0.4, 0.5) is 0 Å². The van der Waals surface area contributed by atoms with Gasteiger partial charge in [-0.1, -0.05) is 36.4 Å². The van der Waals surface area contributed by atoms with E-state index in [9.17, 15) is 9.59 Å². The Labute approximate surface area is 145 Å². The summed E-state index contributed by atoms with van der Waals surface area (Å²) in [6.07, 6.45) is 1.30. The van der Waals surface area contributed by atoms with E-state index in [2.05, 4.69) is 0 Å². The molecule has 2 aromatic rings. The van der Waals surface area contributed by atoms with E-state index in [0.717, 1.165) is 29.7 Å². The van der Waals surface area contributed by atoms with Gasteiger partial charge in [0.2, 0.25) is 5.78 Å². The van der Waals surface area contributed by atoms with Crippen LogP contribution in [0.15, 0.2) is 53.8 Å². The Morgan fingerprint density at radius 2 is 1.76 bits per heavy atom. The number of allylic oxidation sites excluding steroid dienone is 1. The smallest absolute Gasteiger partial charge is 0.228 e. The highest BCUT2D eigenvalue weighted by Gasteiger charge is 2.49. The number of hydrogen-bond acceptors (Lipinski definition) is 4. The lowest BCUT2D eigenvalue weighted by atomic mass is 9.74. The third kappa shape index (κ3) is 1.82. The van der Waals surface area contributed by atoms with E-state index in [1.807, 2.05) is 18.2 Å². The van der Waals surface area contributed by atoms with Gasteiger partial charge in [0.1, 0.15) is 11.9 Å². The number of carbonyl (C=O) groups excluding carboxylic acids is 2. The number of Topliss-reactive ketones (excluding diaryl/α,β-unsaturated/α-hetero) is 2. The van der Waals surface area contributed by atoms with Gasteiger partial charge in [-0.2, -0.15) is 0 Å². The van der Waals surface area contributed by atoms with Gasteiger partial charge in [0.25, 0.3) is 0 Å². The van der Waals surface area contributed by atoms with Crippen molar-refractivity contribution in [1.82, 2.24) is 0 Å². The van der Waals surface area contributed by atoms with Gasteiger partial charge in [-0.05, 0) is 24.5 Å². The fourth-order valence-electron chi connectivity index (χ4n) is 4.37. The summed E-state index contributed by atoms with van der Waals surface area (Å²) >= 11 is 0. The number of hydrogen-bond donors (Lipinski definition) is 0. The van der Waals surface area contributed by atoms with Crippen LogP contribution in [0.2, 0.25) is 0 Å². The summed E-state index contributed by atoms with van der Waals surface area (Å²) in [4.78, 5) is 25.9. The van der Waals surface area contributed by atoms with Crippen LogP contribution in [0.3, 0.4) is 0 Å². The van der Waals surface area contributed by atoms with Crippen molar-refractivity contribution in [2.45, 2.75) is 18.9 Å². The standard InChI is InChI=1S/C21H16O4/c1-24-16-8-4-7-14-11(16)9-10-15-17-18(22)12-5-2-3-6-13(12)19(23)21(17)25-20(14)15/h2-8,15,20H,9-10H2,1H3/t15-,20-/m0/s1. The molecule has 3 aliphatic rings. The Morgan fingerprint density at radius 3 is 2.52 bits per heavy atom. The van der Waals surface area contributed by atoms with E-state index < -0.39 is 0 Å². The highest BCUT2D eigenvalue weighted by atomic mass is 16.5. The number of benzene rings is 2. The van der Waals surface area contributed by atoms with Gasteiger partial charge in [0.15, 0.2) is 11.5 Å². The Balaban J connectivity index is 1.63. The monoisotopic (exact) mass is 332 g/mol. The van der Waals surface area contributed by atoms with Crippen LogP contribution >= 0.6 is 0 Å². The lowest BCUT2D eigenvalue weighted by Gasteiger charge is -2.29. The quantitative estimate of drug-likeness (QED) is 0.800. The second kappa shape index (κ2) is 5.06. The lowest BCUT2D eigenvalue weighted by molar-refractivity contribution is 0.0749. The summed E-state index contributed by atoms with van der Waals surface area (Å²) in [7, 11) is 1.66. The van der Waals surface area contributed by atoms with E-state index in [-0.39, 0.29) is 29.3 Å². The molecule has 0 spiro atoms. The molecule has 2 atom stereocenters. The number of carbonyl (C=O) groups is 2. The van der Waals surface area contributed by atoms with Crippen molar-refractivity contribution in [2.24, 2.45) is 5.92 Å². The number of methoxy groups -OCH3 is 1. The number of fused-ring (bicyclic) bond motifs is 5. The molecule has 4 nitrogen and oxygen atoms in total. The van der Waals surface area contributed by atoms with Crippen molar-refractivity contribution in [3.63, 3.8) is 0 Å². The summed E-state index contributed by atoms with van der Waals surface area (Å²) in [6.45, 7) is 0. The Kier molecular flexibility index (Phi) is 2.93. The van der Waals surface area contributed by atoms with Crippen LogP contribution in [0.1, 0.15) is 44.4 Å². The molecule has 25 heavy (non-hydrogen) atoms. The van der Waals surface area contributed by atoms with Crippen molar-refractivity contribution >= 4 is 11.6 Å². The molecule has 4 heteroatoms. The molecule has 0 bridgehead atoms. The molecule has 0 saturated heterocycles. The molecule has 0 aromatic heterocycles. The van der Waals surface area contributed by atoms with E-state index in [4.69, 9.17) is 9.47 Å². The van der Waals surface area contributed by atoms with Crippen LogP contribution in [-0.4, -0.2) is 18.7 Å². The van der Waals surface area contributed by atoms with E-state index >= 15 is 0 Å². The lowest BCUT2D eigenvalue weighted by Crippen LogP contribution is -2.25. The third-order valence-corrected chi connectivity index (χ3v) is 5.49. The van der Waals surface area contributed by atoms with Crippen LogP contribution in [0, 0.1) is 5.92 Å². The van der Waals surface area contributed by atoms with Crippen molar-refractivity contribution in [3.05, 3.63) is 76.1 Å². The minimum Gasteiger partial charge on any atom is -0.496 e. The van der Waals surface area contributed by atoms with Crippen LogP contribution in [0.5, 0.6) is 5.75 Å².